The highest BCUT2D eigenvalue weighted by atomic mass is 16.7. The maximum Gasteiger partial charge on any atom is 0.308 e. The summed E-state index contributed by atoms with van der Waals surface area (Å²) >= 11 is 0. The summed E-state index contributed by atoms with van der Waals surface area (Å²) in [5, 5.41) is 0. The van der Waals surface area contributed by atoms with Gasteiger partial charge < -0.3 is 23.8 Å². The van der Waals surface area contributed by atoms with Crippen molar-refractivity contribution in [3.8, 4) is 0 Å². The Morgan fingerprint density at radius 2 is 0.912 bits per heavy atom. The molecule has 7 nitrogen and oxygen atoms in total. The van der Waals surface area contributed by atoms with Gasteiger partial charge in [0.2, 0.25) is 0 Å². The minimum Gasteiger partial charge on any atom is -0.466 e. The molecule has 1 rings (SSSR count). The molecule has 1 heterocycles. The Morgan fingerprint density at radius 1 is 0.526 bits per heavy atom. The van der Waals surface area contributed by atoms with Crippen LogP contribution in [0.3, 0.4) is 0 Å². The highest BCUT2D eigenvalue weighted by molar-refractivity contribution is 5.72. The second-order valence-corrected chi connectivity index (χ2v) is 18.1. The molecule has 1 aliphatic rings. The Kier molecular flexibility index (Phi) is 36.8. The zero-order valence-electron chi connectivity index (χ0n) is 38.8. The third kappa shape index (κ3) is 32.3. The molecule has 0 bridgehead atoms. The Morgan fingerprint density at radius 3 is 1.37 bits per heavy atom. The van der Waals surface area contributed by atoms with Gasteiger partial charge in [0.05, 0.1) is 32.3 Å². The second-order valence-electron chi connectivity index (χ2n) is 18.1. The molecule has 0 amide bonds. The fraction of sp³-hybridized carbons (Fsp3) is 0.960. The summed E-state index contributed by atoms with van der Waals surface area (Å²) in [6, 6.07) is 0. The summed E-state index contributed by atoms with van der Waals surface area (Å²) in [6.45, 7) is 10.4. The molecule has 338 valence electrons. The van der Waals surface area contributed by atoms with Gasteiger partial charge >= 0.3 is 11.9 Å². The number of hydrogen-bond acceptors (Lipinski definition) is 7. The minimum atomic E-state index is -0.457. The van der Waals surface area contributed by atoms with E-state index in [0.29, 0.717) is 25.6 Å². The number of carbonyl (C=O) groups excluding carboxylic acids is 2. The van der Waals surface area contributed by atoms with Gasteiger partial charge in [-0.05, 0) is 59.0 Å². The quantitative estimate of drug-likeness (QED) is 0.0449. The zero-order valence-corrected chi connectivity index (χ0v) is 38.8. The number of unbranched alkanes of at least 4 members (excludes halogenated alkanes) is 25. The summed E-state index contributed by atoms with van der Waals surface area (Å²) in [7, 11) is 4.23. The summed E-state index contributed by atoms with van der Waals surface area (Å²) in [5.41, 5.74) is 0. The van der Waals surface area contributed by atoms with Gasteiger partial charge in [-0.3, -0.25) is 9.59 Å². The predicted molar refractivity (Wildman–Crippen MR) is 241 cm³/mol. The third-order valence-corrected chi connectivity index (χ3v) is 12.1. The highest BCUT2D eigenvalue weighted by Crippen LogP contribution is 2.33. The summed E-state index contributed by atoms with van der Waals surface area (Å²) in [4.78, 5) is 27.4. The molecule has 7 heteroatoms. The van der Waals surface area contributed by atoms with Crippen LogP contribution in [0.1, 0.15) is 245 Å². The Balaban J connectivity index is 2.29. The monoisotopic (exact) mass is 808 g/mol. The largest absolute Gasteiger partial charge is 0.466 e. The van der Waals surface area contributed by atoms with Gasteiger partial charge in [-0.2, -0.15) is 0 Å². The van der Waals surface area contributed by atoms with Gasteiger partial charge in [0, 0.05) is 31.7 Å². The van der Waals surface area contributed by atoms with Crippen molar-refractivity contribution < 1.29 is 28.5 Å². The molecule has 0 unspecified atom stereocenters. The molecule has 0 radical (unpaired) electrons. The molecule has 0 saturated carbocycles. The van der Waals surface area contributed by atoms with Crippen LogP contribution in [-0.4, -0.2) is 69.7 Å². The highest BCUT2D eigenvalue weighted by Gasteiger charge is 2.36. The first-order chi connectivity index (χ1) is 27.9. The van der Waals surface area contributed by atoms with Gasteiger partial charge in [0.15, 0.2) is 5.79 Å². The van der Waals surface area contributed by atoms with Crippen molar-refractivity contribution in [1.29, 1.82) is 0 Å². The van der Waals surface area contributed by atoms with Gasteiger partial charge in [0.25, 0.3) is 0 Å². The maximum absolute atomic E-state index is 13.1. The van der Waals surface area contributed by atoms with E-state index in [0.717, 1.165) is 116 Å². The minimum absolute atomic E-state index is 0.0269. The van der Waals surface area contributed by atoms with E-state index in [1.54, 1.807) is 0 Å². The van der Waals surface area contributed by atoms with Gasteiger partial charge in [-0.15, -0.1) is 0 Å². The summed E-state index contributed by atoms with van der Waals surface area (Å²) in [6.07, 6.45) is 40.6. The van der Waals surface area contributed by atoms with Crippen LogP contribution < -0.4 is 0 Å². The SMILES string of the molecule is CCCCCCCCCCC(=O)OCCCCCCC1(CCCCCCCCOC(=O)C(CCCCCCCC)CCCCCCCC)OCC(CN(C)C)CO1. The van der Waals surface area contributed by atoms with E-state index in [9.17, 15) is 9.59 Å². The number of rotatable bonds is 42. The van der Waals surface area contributed by atoms with Crippen LogP contribution in [0.4, 0.5) is 0 Å². The van der Waals surface area contributed by atoms with E-state index in [-0.39, 0.29) is 17.9 Å². The van der Waals surface area contributed by atoms with Crippen molar-refractivity contribution in [2.24, 2.45) is 11.8 Å². The Labute approximate surface area is 354 Å². The normalized spacial score (nSPS) is 17.1. The number of nitrogens with zero attached hydrogens (tertiary/aromatic N) is 1. The van der Waals surface area contributed by atoms with E-state index < -0.39 is 5.79 Å². The van der Waals surface area contributed by atoms with Gasteiger partial charge in [-0.25, -0.2) is 0 Å². The van der Waals surface area contributed by atoms with Crippen LogP contribution in [0.25, 0.3) is 0 Å². The zero-order chi connectivity index (χ0) is 41.5. The van der Waals surface area contributed by atoms with Crippen LogP contribution in [-0.2, 0) is 28.5 Å². The average Bonchev–Trinajstić information content (AvgIpc) is 3.20. The molecule has 0 aliphatic carbocycles. The number of hydrogen-bond donors (Lipinski definition) is 0. The van der Waals surface area contributed by atoms with Crippen molar-refractivity contribution in [2.45, 2.75) is 251 Å². The summed E-state index contributed by atoms with van der Waals surface area (Å²) in [5.74, 6) is 0.0950. The standard InChI is InChI=1S/C50H97NO6/c1-6-9-12-15-18-19-24-31-38-48(52)54-41-34-28-26-33-40-50(56-44-46(45-57-50)43-51(4)5)39-32-25-20-21-27-35-42-55-49(53)47(36-29-22-16-13-10-7-2)37-30-23-17-14-11-8-3/h46-47H,6-45H2,1-5H3. The van der Waals surface area contributed by atoms with E-state index >= 15 is 0 Å². The van der Waals surface area contributed by atoms with Crippen LogP contribution in [0, 0.1) is 11.8 Å². The molecular formula is C50H97NO6. The van der Waals surface area contributed by atoms with Crippen LogP contribution >= 0.6 is 0 Å². The molecule has 0 aromatic rings. The van der Waals surface area contributed by atoms with Crippen LogP contribution in [0.5, 0.6) is 0 Å². The lowest BCUT2D eigenvalue weighted by atomic mass is 9.94. The molecule has 1 aliphatic heterocycles. The Hall–Kier alpha value is -1.18. The molecule has 57 heavy (non-hydrogen) atoms. The average molecular weight is 808 g/mol. The van der Waals surface area contributed by atoms with Crippen molar-refractivity contribution in [2.75, 3.05) is 47.1 Å². The molecular weight excluding hydrogens is 711 g/mol. The number of carbonyl (C=O) groups is 2. The Bertz CT molecular complexity index is 872. The van der Waals surface area contributed by atoms with Crippen LogP contribution in [0.15, 0.2) is 0 Å². The van der Waals surface area contributed by atoms with Crippen molar-refractivity contribution in [1.82, 2.24) is 4.90 Å². The van der Waals surface area contributed by atoms with Crippen molar-refractivity contribution in [3.63, 3.8) is 0 Å². The van der Waals surface area contributed by atoms with E-state index in [2.05, 4.69) is 39.8 Å². The fourth-order valence-electron chi connectivity index (χ4n) is 8.39. The first kappa shape index (κ1) is 53.8. The number of esters is 2. The maximum atomic E-state index is 13.1. The smallest absolute Gasteiger partial charge is 0.308 e. The van der Waals surface area contributed by atoms with Gasteiger partial charge in [-0.1, -0.05) is 181 Å². The van der Waals surface area contributed by atoms with Crippen LogP contribution in [0.2, 0.25) is 0 Å². The molecule has 0 N–H and O–H groups in total. The van der Waals surface area contributed by atoms with Gasteiger partial charge in [0.1, 0.15) is 0 Å². The first-order valence-corrected chi connectivity index (χ1v) is 25.1. The van der Waals surface area contributed by atoms with Crippen molar-refractivity contribution >= 4 is 11.9 Å². The summed E-state index contributed by atoms with van der Waals surface area (Å²) < 4.78 is 24.5. The lowest BCUT2D eigenvalue weighted by molar-refractivity contribution is -0.290. The predicted octanol–water partition coefficient (Wildman–Crippen LogP) is 14.3. The molecule has 1 saturated heterocycles. The topological polar surface area (TPSA) is 74.3 Å². The fourth-order valence-corrected chi connectivity index (χ4v) is 8.39. The van der Waals surface area contributed by atoms with E-state index in [1.165, 1.54) is 122 Å². The second kappa shape index (κ2) is 39.0. The van der Waals surface area contributed by atoms with Crippen molar-refractivity contribution in [3.05, 3.63) is 0 Å². The lowest BCUT2D eigenvalue weighted by Crippen LogP contribution is -2.46. The molecule has 0 aromatic heterocycles. The molecule has 0 atom stereocenters. The lowest BCUT2D eigenvalue weighted by Gasteiger charge is -2.41. The van der Waals surface area contributed by atoms with E-state index in [4.69, 9.17) is 18.9 Å². The first-order valence-electron chi connectivity index (χ1n) is 25.1. The molecule has 0 spiro atoms. The third-order valence-electron chi connectivity index (χ3n) is 12.1. The molecule has 0 aromatic carbocycles. The van der Waals surface area contributed by atoms with E-state index in [1.807, 2.05) is 0 Å². The molecule has 1 fully saturated rings. The number of ether oxygens (including phenoxy) is 4.